The standard InChI is InChI=1S/C34H48N2O3/c1-21(37)36(10)20-34-15-13-29(2,3)18-22(34)27-24(38)17-26-31(6)19-23(35-9)28(39)30(4,5)25(31)11-12-32(26,7)33(27,8)14-16-34/h17,19,22,25,27H,11-16,18,20H2,1-8,10H3/t22-,25-,27-,31-,32+,33+,34+/m0/s1. The van der Waals surface area contributed by atoms with Crippen LogP contribution >= 0.6 is 0 Å². The summed E-state index contributed by atoms with van der Waals surface area (Å²) in [6.45, 7) is 25.8. The molecule has 39 heavy (non-hydrogen) atoms. The summed E-state index contributed by atoms with van der Waals surface area (Å²) in [5.74, 6) is 0.480. The normalized spacial score (nSPS) is 43.9. The van der Waals surface area contributed by atoms with Crippen LogP contribution in [0.5, 0.6) is 0 Å². The highest BCUT2D eigenvalue weighted by atomic mass is 16.2. The van der Waals surface area contributed by atoms with Gasteiger partial charge in [-0.1, -0.05) is 60.1 Å². The zero-order chi connectivity index (χ0) is 29.0. The third-order valence-electron chi connectivity index (χ3n) is 13.1. The molecule has 212 valence electrons. The lowest BCUT2D eigenvalue weighted by atomic mass is 9.34. The highest BCUT2D eigenvalue weighted by Crippen LogP contribution is 2.74. The molecular formula is C34H48N2O3. The molecule has 7 atom stereocenters. The van der Waals surface area contributed by atoms with E-state index in [-0.39, 0.29) is 62.6 Å². The van der Waals surface area contributed by atoms with Crippen molar-refractivity contribution in [2.75, 3.05) is 13.6 Å². The predicted octanol–water partition coefficient (Wildman–Crippen LogP) is 7.04. The number of carbonyl (C=O) groups is 3. The van der Waals surface area contributed by atoms with E-state index in [9.17, 15) is 14.4 Å². The number of fused-ring (bicyclic) bond motifs is 7. The maximum absolute atomic E-state index is 14.5. The van der Waals surface area contributed by atoms with E-state index in [0.717, 1.165) is 57.1 Å². The van der Waals surface area contributed by atoms with Crippen molar-refractivity contribution in [2.45, 2.75) is 100 Å². The van der Waals surface area contributed by atoms with Crippen LogP contribution in [0.3, 0.4) is 0 Å². The summed E-state index contributed by atoms with van der Waals surface area (Å²) < 4.78 is 0. The van der Waals surface area contributed by atoms with Gasteiger partial charge in [-0.25, -0.2) is 4.85 Å². The molecule has 1 amide bonds. The topological polar surface area (TPSA) is 58.8 Å². The Morgan fingerprint density at radius 2 is 1.67 bits per heavy atom. The molecule has 0 aromatic rings. The zero-order valence-electron chi connectivity index (χ0n) is 25.7. The van der Waals surface area contributed by atoms with Crippen LogP contribution in [0.2, 0.25) is 0 Å². The molecule has 0 aromatic heterocycles. The van der Waals surface area contributed by atoms with E-state index < -0.39 is 10.8 Å². The van der Waals surface area contributed by atoms with Crippen LogP contribution in [0.15, 0.2) is 23.4 Å². The van der Waals surface area contributed by atoms with Gasteiger partial charge in [-0.05, 0) is 84.5 Å². The fourth-order valence-corrected chi connectivity index (χ4v) is 10.6. The van der Waals surface area contributed by atoms with Gasteiger partial charge in [-0.15, -0.1) is 0 Å². The maximum Gasteiger partial charge on any atom is 0.226 e. The number of hydrogen-bond acceptors (Lipinski definition) is 3. The third kappa shape index (κ3) is 3.65. The van der Waals surface area contributed by atoms with Gasteiger partial charge in [0.2, 0.25) is 11.6 Å². The highest BCUT2D eigenvalue weighted by molar-refractivity contribution is 6.03. The summed E-state index contributed by atoms with van der Waals surface area (Å²) in [7, 11) is 1.92. The fraction of sp³-hybridized carbons (Fsp3) is 0.765. The van der Waals surface area contributed by atoms with Crippen LogP contribution in [0.1, 0.15) is 100 Å². The van der Waals surface area contributed by atoms with E-state index in [4.69, 9.17) is 6.57 Å². The molecule has 5 rings (SSSR count). The van der Waals surface area contributed by atoms with Crippen LogP contribution in [0, 0.1) is 56.8 Å². The Balaban J connectivity index is 1.67. The maximum atomic E-state index is 14.5. The summed E-state index contributed by atoms with van der Waals surface area (Å²) in [5, 5.41) is 0. The SMILES string of the molecule is [C-]#[N+]C1=C[C@]2(C)C3=CC(=O)[C@@H]4[C@@H]5CC(C)(C)CC[C@]5(CN(C)C(C)=O)CC[C@@]4(C)[C@]3(C)CC[C@H]2C(C)(C)C1=O. The second-order valence-corrected chi connectivity index (χ2v) is 16.0. The van der Waals surface area contributed by atoms with E-state index in [1.807, 2.05) is 37.9 Å². The van der Waals surface area contributed by atoms with Crippen molar-refractivity contribution in [1.82, 2.24) is 4.90 Å². The smallest absolute Gasteiger partial charge is 0.226 e. The van der Waals surface area contributed by atoms with Crippen molar-refractivity contribution in [1.29, 1.82) is 0 Å². The first-order valence-corrected chi connectivity index (χ1v) is 15.0. The first-order chi connectivity index (χ1) is 17.9. The number of Topliss-reactive ketones (excluding diaryl/α,β-unsaturated/α-hetero) is 1. The van der Waals surface area contributed by atoms with Crippen LogP contribution in [-0.2, 0) is 14.4 Å². The van der Waals surface area contributed by atoms with Crippen LogP contribution in [0.4, 0.5) is 0 Å². The fourth-order valence-electron chi connectivity index (χ4n) is 10.6. The zero-order valence-corrected chi connectivity index (χ0v) is 25.7. The van der Waals surface area contributed by atoms with E-state index >= 15 is 0 Å². The van der Waals surface area contributed by atoms with Crippen LogP contribution in [0.25, 0.3) is 4.85 Å². The van der Waals surface area contributed by atoms with Crippen molar-refractivity contribution in [2.24, 2.45) is 50.2 Å². The second-order valence-electron chi connectivity index (χ2n) is 16.0. The molecule has 0 spiro atoms. The van der Waals surface area contributed by atoms with E-state index in [0.29, 0.717) is 0 Å². The van der Waals surface area contributed by atoms with Crippen molar-refractivity contribution in [3.8, 4) is 0 Å². The van der Waals surface area contributed by atoms with Gasteiger partial charge in [0, 0.05) is 37.3 Å². The van der Waals surface area contributed by atoms with E-state index in [1.54, 1.807) is 6.92 Å². The number of amides is 1. The molecule has 0 N–H and O–H groups in total. The van der Waals surface area contributed by atoms with Gasteiger partial charge in [0.15, 0.2) is 11.6 Å². The molecule has 5 heteroatoms. The molecule has 3 saturated carbocycles. The minimum Gasteiger partial charge on any atom is -0.345 e. The molecular weight excluding hydrogens is 484 g/mol. The molecule has 3 fully saturated rings. The molecule has 5 aliphatic carbocycles. The monoisotopic (exact) mass is 532 g/mol. The molecule has 0 radical (unpaired) electrons. The van der Waals surface area contributed by atoms with Gasteiger partial charge < -0.3 is 9.69 Å². The lowest BCUT2D eigenvalue weighted by Gasteiger charge is -2.69. The Labute approximate surface area is 235 Å². The minimum absolute atomic E-state index is 0.0327. The Morgan fingerprint density at radius 3 is 2.28 bits per heavy atom. The lowest BCUT2D eigenvalue weighted by Crippen LogP contribution is -2.65. The number of ketones is 2. The number of carbonyl (C=O) groups excluding carboxylic acids is 3. The van der Waals surface area contributed by atoms with Crippen molar-refractivity contribution in [3.63, 3.8) is 0 Å². The van der Waals surface area contributed by atoms with Gasteiger partial charge in [0.05, 0.1) is 6.57 Å². The van der Waals surface area contributed by atoms with Crippen LogP contribution < -0.4 is 0 Å². The summed E-state index contributed by atoms with van der Waals surface area (Å²) in [6.07, 6.45) is 11.0. The number of rotatable bonds is 2. The third-order valence-corrected chi connectivity index (χ3v) is 13.1. The van der Waals surface area contributed by atoms with Gasteiger partial charge in [-0.3, -0.25) is 9.59 Å². The lowest BCUT2D eigenvalue weighted by molar-refractivity contribution is -0.175. The van der Waals surface area contributed by atoms with Crippen molar-refractivity contribution in [3.05, 3.63) is 34.8 Å². The Morgan fingerprint density at radius 1 is 1.03 bits per heavy atom. The van der Waals surface area contributed by atoms with Gasteiger partial charge >= 0.3 is 0 Å². The summed E-state index contributed by atoms with van der Waals surface area (Å²) in [6, 6.07) is 0. The summed E-state index contributed by atoms with van der Waals surface area (Å²) >= 11 is 0. The number of hydrogen-bond donors (Lipinski definition) is 0. The minimum atomic E-state index is -0.640. The molecule has 0 bridgehead atoms. The Kier molecular flexibility index (Phi) is 6.10. The average Bonchev–Trinajstić information content (AvgIpc) is 2.83. The molecule has 0 saturated heterocycles. The Bertz CT molecular complexity index is 1250. The molecule has 0 aliphatic heterocycles. The molecule has 0 unspecified atom stereocenters. The molecule has 5 nitrogen and oxygen atoms in total. The number of nitrogens with zero attached hydrogens (tertiary/aromatic N) is 2. The second kappa shape index (κ2) is 8.40. The highest BCUT2D eigenvalue weighted by Gasteiger charge is 2.69. The predicted molar refractivity (Wildman–Crippen MR) is 153 cm³/mol. The van der Waals surface area contributed by atoms with Gasteiger partial charge in [0.25, 0.3) is 0 Å². The molecule has 5 aliphatic rings. The largest absolute Gasteiger partial charge is 0.345 e. The molecule has 0 heterocycles. The van der Waals surface area contributed by atoms with Crippen LogP contribution in [-0.4, -0.2) is 36.0 Å². The summed E-state index contributed by atoms with van der Waals surface area (Å²) in [4.78, 5) is 45.7. The van der Waals surface area contributed by atoms with Gasteiger partial charge in [-0.2, -0.15) is 0 Å². The van der Waals surface area contributed by atoms with Gasteiger partial charge in [0.1, 0.15) is 0 Å². The first kappa shape index (κ1) is 28.3. The Hall–Kier alpha value is -2.22. The van der Waals surface area contributed by atoms with Crippen molar-refractivity contribution >= 4 is 17.5 Å². The first-order valence-electron chi connectivity index (χ1n) is 15.0. The van der Waals surface area contributed by atoms with E-state index in [2.05, 4.69) is 39.5 Å². The summed E-state index contributed by atoms with van der Waals surface area (Å²) in [5.41, 5.74) is -0.0332. The quantitative estimate of drug-likeness (QED) is 0.359. The van der Waals surface area contributed by atoms with E-state index in [1.165, 1.54) is 0 Å². The average molecular weight is 533 g/mol. The molecule has 0 aromatic carbocycles. The number of allylic oxidation sites excluding steroid dienone is 4. The van der Waals surface area contributed by atoms with Crippen molar-refractivity contribution < 1.29 is 14.4 Å².